The second-order valence-corrected chi connectivity index (χ2v) is 2.52. The number of hydrogen-bond acceptors (Lipinski definition) is 5. The van der Waals surface area contributed by atoms with Gasteiger partial charge in [-0.05, 0) is 19.3 Å². The number of hydrogen-bond donors (Lipinski definition) is 1. The van der Waals surface area contributed by atoms with Crippen LogP contribution in [0.15, 0.2) is 9.98 Å². The second-order valence-electron chi connectivity index (χ2n) is 2.52. The van der Waals surface area contributed by atoms with Gasteiger partial charge in [-0.1, -0.05) is 6.42 Å². The van der Waals surface area contributed by atoms with E-state index >= 15 is 0 Å². The molecule has 1 N–H and O–H groups in total. The van der Waals surface area contributed by atoms with Crippen molar-refractivity contribution in [1.82, 2.24) is 0 Å². The maximum absolute atomic E-state index is 9.68. The molecule has 0 saturated carbocycles. The average Bonchev–Trinajstić information content (AvgIpc) is 2.11. The minimum atomic E-state index is -0.938. The standard InChI is InChI=1S/C8H12N2O3/c11-6-9-5-3-1-2-4-8(13)10-7-12/h8,13H,1-5H2. The normalized spacial score (nSPS) is 11.2. The van der Waals surface area contributed by atoms with E-state index in [0.717, 1.165) is 19.3 Å². The molecule has 0 aliphatic rings. The van der Waals surface area contributed by atoms with Gasteiger partial charge in [0.05, 0.1) is 6.54 Å². The molecule has 0 rings (SSSR count). The fourth-order valence-electron chi connectivity index (χ4n) is 0.866. The van der Waals surface area contributed by atoms with Crippen molar-refractivity contribution in [2.75, 3.05) is 6.54 Å². The van der Waals surface area contributed by atoms with Gasteiger partial charge in [-0.2, -0.15) is 4.99 Å². The first-order valence-corrected chi connectivity index (χ1v) is 4.10. The van der Waals surface area contributed by atoms with E-state index in [2.05, 4.69) is 9.98 Å². The molecule has 0 radical (unpaired) electrons. The SMILES string of the molecule is O=C=NCCCCCC(O)N=C=O. The molecule has 0 aliphatic heterocycles. The van der Waals surface area contributed by atoms with Gasteiger partial charge >= 0.3 is 0 Å². The molecule has 5 heteroatoms. The molecular formula is C8H12N2O3. The summed E-state index contributed by atoms with van der Waals surface area (Å²) in [4.78, 5) is 25.8. The van der Waals surface area contributed by atoms with Crippen molar-refractivity contribution in [2.45, 2.75) is 31.9 Å². The quantitative estimate of drug-likeness (QED) is 0.356. The third-order valence-electron chi connectivity index (χ3n) is 1.50. The summed E-state index contributed by atoms with van der Waals surface area (Å²) in [5.41, 5.74) is 0. The van der Waals surface area contributed by atoms with E-state index in [4.69, 9.17) is 5.11 Å². The van der Waals surface area contributed by atoms with Gasteiger partial charge in [-0.15, -0.1) is 0 Å². The van der Waals surface area contributed by atoms with E-state index in [9.17, 15) is 9.59 Å². The molecule has 0 aromatic heterocycles. The highest BCUT2D eigenvalue weighted by atomic mass is 16.3. The average molecular weight is 184 g/mol. The van der Waals surface area contributed by atoms with Gasteiger partial charge in [0.25, 0.3) is 0 Å². The molecule has 0 fully saturated rings. The number of rotatable bonds is 7. The van der Waals surface area contributed by atoms with Crippen molar-refractivity contribution < 1.29 is 14.7 Å². The largest absolute Gasteiger partial charge is 0.371 e. The van der Waals surface area contributed by atoms with Crippen LogP contribution in [0.2, 0.25) is 0 Å². The lowest BCUT2D eigenvalue weighted by Gasteiger charge is -2.01. The van der Waals surface area contributed by atoms with Gasteiger partial charge < -0.3 is 5.11 Å². The summed E-state index contributed by atoms with van der Waals surface area (Å²) in [6.07, 6.45) is 4.61. The molecule has 1 atom stereocenters. The molecule has 0 heterocycles. The fraction of sp³-hybridized carbons (Fsp3) is 0.750. The second kappa shape index (κ2) is 8.81. The van der Waals surface area contributed by atoms with Crippen LogP contribution in [-0.2, 0) is 9.59 Å². The predicted octanol–water partition coefficient (Wildman–Crippen LogP) is 0.537. The van der Waals surface area contributed by atoms with Crippen LogP contribution in [0.3, 0.4) is 0 Å². The highest BCUT2D eigenvalue weighted by Crippen LogP contribution is 2.03. The molecule has 0 aromatic rings. The van der Waals surface area contributed by atoms with Gasteiger partial charge in [0.2, 0.25) is 12.2 Å². The van der Waals surface area contributed by atoms with Gasteiger partial charge in [-0.3, -0.25) is 0 Å². The number of carbonyl (C=O) groups excluding carboxylic acids is 2. The first kappa shape index (κ1) is 11.7. The van der Waals surface area contributed by atoms with Gasteiger partial charge in [0, 0.05) is 0 Å². The van der Waals surface area contributed by atoms with Gasteiger partial charge in [0.15, 0.2) is 6.23 Å². The zero-order valence-electron chi connectivity index (χ0n) is 7.27. The van der Waals surface area contributed by atoms with Crippen LogP contribution in [0.25, 0.3) is 0 Å². The van der Waals surface area contributed by atoms with Crippen LogP contribution in [0.4, 0.5) is 0 Å². The third kappa shape index (κ3) is 8.63. The Labute approximate surface area is 76.2 Å². The maximum Gasteiger partial charge on any atom is 0.237 e. The molecule has 13 heavy (non-hydrogen) atoms. The molecule has 0 aliphatic carbocycles. The van der Waals surface area contributed by atoms with Crippen LogP contribution in [-0.4, -0.2) is 30.0 Å². The van der Waals surface area contributed by atoms with Crippen molar-refractivity contribution in [3.8, 4) is 0 Å². The molecule has 72 valence electrons. The molecule has 5 nitrogen and oxygen atoms in total. The highest BCUT2D eigenvalue weighted by Gasteiger charge is 1.99. The number of aliphatic hydroxyl groups excluding tert-OH is 1. The Balaban J connectivity index is 3.24. The van der Waals surface area contributed by atoms with Gasteiger partial charge in [0.1, 0.15) is 0 Å². The van der Waals surface area contributed by atoms with Crippen LogP contribution in [0.1, 0.15) is 25.7 Å². The monoisotopic (exact) mass is 184 g/mol. The number of isocyanates is 2. The molecular weight excluding hydrogens is 172 g/mol. The molecule has 0 bridgehead atoms. The van der Waals surface area contributed by atoms with Crippen molar-refractivity contribution in [3.05, 3.63) is 0 Å². The van der Waals surface area contributed by atoms with Crippen LogP contribution in [0, 0.1) is 0 Å². The highest BCUT2D eigenvalue weighted by molar-refractivity contribution is 5.33. The molecule has 0 spiro atoms. The first-order valence-electron chi connectivity index (χ1n) is 4.10. The number of aliphatic hydroxyl groups is 1. The van der Waals surface area contributed by atoms with E-state index in [1.165, 1.54) is 12.2 Å². The van der Waals surface area contributed by atoms with E-state index in [1.807, 2.05) is 0 Å². The smallest absolute Gasteiger partial charge is 0.237 e. The fourth-order valence-corrected chi connectivity index (χ4v) is 0.866. The lowest BCUT2D eigenvalue weighted by Crippen LogP contribution is -2.01. The predicted molar refractivity (Wildman–Crippen MR) is 45.6 cm³/mol. The van der Waals surface area contributed by atoms with E-state index in [-0.39, 0.29) is 0 Å². The summed E-state index contributed by atoms with van der Waals surface area (Å²) in [5, 5.41) is 8.94. The Morgan fingerprint density at radius 1 is 1.15 bits per heavy atom. The zero-order chi connectivity index (χ0) is 9.94. The van der Waals surface area contributed by atoms with Crippen molar-refractivity contribution in [2.24, 2.45) is 9.98 Å². The lowest BCUT2D eigenvalue weighted by molar-refractivity contribution is 0.170. The summed E-state index contributed by atoms with van der Waals surface area (Å²) < 4.78 is 0. The topological polar surface area (TPSA) is 79.1 Å². The molecule has 0 saturated heterocycles. The first-order chi connectivity index (χ1) is 6.31. The Morgan fingerprint density at radius 3 is 2.54 bits per heavy atom. The van der Waals surface area contributed by atoms with Crippen molar-refractivity contribution in [1.29, 1.82) is 0 Å². The van der Waals surface area contributed by atoms with Crippen LogP contribution < -0.4 is 0 Å². The Hall–Kier alpha value is -1.28. The minimum Gasteiger partial charge on any atom is -0.371 e. The number of nitrogens with zero attached hydrogens (tertiary/aromatic N) is 2. The Morgan fingerprint density at radius 2 is 1.92 bits per heavy atom. The summed E-state index contributed by atoms with van der Waals surface area (Å²) in [5.74, 6) is 0. The maximum atomic E-state index is 9.68. The Bertz CT molecular complexity index is 217. The third-order valence-corrected chi connectivity index (χ3v) is 1.50. The van der Waals surface area contributed by atoms with Crippen LogP contribution >= 0.6 is 0 Å². The van der Waals surface area contributed by atoms with Crippen molar-refractivity contribution in [3.63, 3.8) is 0 Å². The van der Waals surface area contributed by atoms with E-state index < -0.39 is 6.23 Å². The summed E-state index contributed by atoms with van der Waals surface area (Å²) in [6.45, 7) is 0.469. The van der Waals surface area contributed by atoms with Crippen molar-refractivity contribution >= 4 is 12.2 Å². The zero-order valence-corrected chi connectivity index (χ0v) is 7.27. The van der Waals surface area contributed by atoms with E-state index in [1.54, 1.807) is 0 Å². The van der Waals surface area contributed by atoms with E-state index in [0.29, 0.717) is 13.0 Å². The summed E-state index contributed by atoms with van der Waals surface area (Å²) in [6, 6.07) is 0. The Kier molecular flexibility index (Phi) is 7.95. The lowest BCUT2D eigenvalue weighted by atomic mass is 10.2. The number of aliphatic imine (C=N–C) groups is 2. The molecule has 1 unspecified atom stereocenters. The minimum absolute atomic E-state index is 0.444. The molecule has 0 aromatic carbocycles. The summed E-state index contributed by atoms with van der Waals surface area (Å²) in [7, 11) is 0. The summed E-state index contributed by atoms with van der Waals surface area (Å²) >= 11 is 0. The van der Waals surface area contributed by atoms with Gasteiger partial charge in [-0.25, -0.2) is 14.6 Å². The molecule has 0 amide bonds. The number of unbranched alkanes of at least 4 members (excludes halogenated alkanes) is 2. The van der Waals surface area contributed by atoms with Crippen LogP contribution in [0.5, 0.6) is 0 Å².